The Morgan fingerprint density at radius 1 is 1.29 bits per heavy atom. The Morgan fingerprint density at radius 3 is 2.67 bits per heavy atom. The van der Waals surface area contributed by atoms with Crippen LogP contribution in [0.25, 0.3) is 0 Å². The summed E-state index contributed by atoms with van der Waals surface area (Å²) in [5, 5.41) is 13.6. The topological polar surface area (TPSA) is 55.2 Å². The van der Waals surface area contributed by atoms with E-state index in [1.54, 1.807) is 11.3 Å². The molecule has 0 saturated heterocycles. The third kappa shape index (κ3) is 4.29. The zero-order chi connectivity index (χ0) is 15.4. The first-order valence-electron chi connectivity index (χ1n) is 6.04. The van der Waals surface area contributed by atoms with Crippen LogP contribution >= 0.6 is 27.3 Å². The first-order valence-corrected chi connectivity index (χ1v) is 7.65. The molecular weight excluding hydrogens is 366 g/mol. The molecule has 1 heterocycles. The molecule has 0 fully saturated rings. The molecule has 0 amide bonds. The summed E-state index contributed by atoms with van der Waals surface area (Å²) in [5.41, 5.74) is -0.633. The fourth-order valence-corrected chi connectivity index (χ4v) is 3.26. The van der Waals surface area contributed by atoms with Crippen LogP contribution < -0.4 is 5.32 Å². The van der Waals surface area contributed by atoms with Crippen LogP contribution in [0.2, 0.25) is 0 Å². The van der Waals surface area contributed by atoms with Gasteiger partial charge in [-0.05, 0) is 34.5 Å². The molecular formula is C13H11BrF2N2O2S. The van der Waals surface area contributed by atoms with Crippen molar-refractivity contribution in [3.63, 3.8) is 0 Å². The summed E-state index contributed by atoms with van der Waals surface area (Å²) >= 11 is 4.97. The van der Waals surface area contributed by atoms with Crippen molar-refractivity contribution in [2.45, 2.75) is 13.0 Å². The lowest BCUT2D eigenvalue weighted by Gasteiger charge is -2.06. The predicted molar refractivity (Wildman–Crippen MR) is 80.4 cm³/mol. The van der Waals surface area contributed by atoms with Crippen LogP contribution in [0.4, 0.5) is 14.5 Å². The minimum atomic E-state index is -1.16. The maximum Gasteiger partial charge on any atom is 0.305 e. The highest BCUT2D eigenvalue weighted by atomic mass is 79.9. The molecule has 4 nitrogen and oxygen atoms in total. The van der Waals surface area contributed by atoms with Gasteiger partial charge >= 0.3 is 5.69 Å². The van der Waals surface area contributed by atoms with Gasteiger partial charge in [0.25, 0.3) is 0 Å². The van der Waals surface area contributed by atoms with E-state index in [0.717, 1.165) is 16.3 Å². The maximum atomic E-state index is 13.5. The number of thiophene rings is 1. The number of hydrogen-bond donors (Lipinski definition) is 1. The summed E-state index contributed by atoms with van der Waals surface area (Å²) in [4.78, 5) is 10.9. The molecule has 0 spiro atoms. The fourth-order valence-electron chi connectivity index (χ4n) is 1.78. The Hall–Kier alpha value is -1.38. The van der Waals surface area contributed by atoms with Gasteiger partial charge in [-0.1, -0.05) is 0 Å². The molecule has 0 saturated carbocycles. The van der Waals surface area contributed by atoms with Gasteiger partial charge in [0.1, 0.15) is 5.82 Å². The molecule has 2 rings (SSSR count). The van der Waals surface area contributed by atoms with Gasteiger partial charge in [0, 0.05) is 35.7 Å². The molecule has 0 aliphatic rings. The van der Waals surface area contributed by atoms with Gasteiger partial charge in [-0.15, -0.1) is 11.3 Å². The molecule has 2 aromatic rings. The van der Waals surface area contributed by atoms with E-state index < -0.39 is 22.2 Å². The summed E-state index contributed by atoms with van der Waals surface area (Å²) in [7, 11) is 0. The minimum absolute atomic E-state index is 0.0791. The van der Waals surface area contributed by atoms with E-state index in [9.17, 15) is 18.9 Å². The van der Waals surface area contributed by atoms with Gasteiger partial charge in [-0.2, -0.15) is 4.39 Å². The van der Waals surface area contributed by atoms with E-state index in [0.29, 0.717) is 12.6 Å². The highest BCUT2D eigenvalue weighted by molar-refractivity contribution is 9.11. The molecule has 0 radical (unpaired) electrons. The van der Waals surface area contributed by atoms with Crippen LogP contribution in [0.15, 0.2) is 28.1 Å². The maximum absolute atomic E-state index is 13.5. The van der Waals surface area contributed by atoms with Gasteiger partial charge in [0.15, 0.2) is 0 Å². The summed E-state index contributed by atoms with van der Waals surface area (Å²) < 4.78 is 27.8. The molecule has 0 unspecified atom stereocenters. The minimum Gasteiger partial charge on any atom is -0.312 e. The number of nitro benzene ring substituents is 1. The Balaban J connectivity index is 1.93. The van der Waals surface area contributed by atoms with Crippen molar-refractivity contribution in [1.82, 2.24) is 5.32 Å². The highest BCUT2D eigenvalue weighted by Crippen LogP contribution is 2.23. The third-order valence-electron chi connectivity index (χ3n) is 2.81. The lowest BCUT2D eigenvalue weighted by atomic mass is 10.1. The Labute approximate surface area is 132 Å². The zero-order valence-electron chi connectivity index (χ0n) is 10.7. The van der Waals surface area contributed by atoms with Crippen molar-refractivity contribution >= 4 is 33.0 Å². The molecule has 21 heavy (non-hydrogen) atoms. The smallest absolute Gasteiger partial charge is 0.305 e. The van der Waals surface area contributed by atoms with Crippen LogP contribution in [0, 0.1) is 21.7 Å². The first kappa shape index (κ1) is 16.0. The second kappa shape index (κ2) is 7.06. The molecule has 1 N–H and O–H groups in total. The summed E-state index contributed by atoms with van der Waals surface area (Å²) in [5.74, 6) is -1.95. The molecule has 8 heteroatoms. The Morgan fingerprint density at radius 2 is 2.05 bits per heavy atom. The van der Waals surface area contributed by atoms with E-state index in [-0.39, 0.29) is 12.1 Å². The van der Waals surface area contributed by atoms with Gasteiger partial charge < -0.3 is 5.32 Å². The van der Waals surface area contributed by atoms with E-state index in [2.05, 4.69) is 21.2 Å². The van der Waals surface area contributed by atoms with Gasteiger partial charge in [-0.3, -0.25) is 10.1 Å². The van der Waals surface area contributed by atoms with E-state index in [4.69, 9.17) is 0 Å². The van der Waals surface area contributed by atoms with Crippen LogP contribution in [-0.2, 0) is 13.0 Å². The lowest BCUT2D eigenvalue weighted by Crippen LogP contribution is -2.17. The lowest BCUT2D eigenvalue weighted by molar-refractivity contribution is -0.387. The monoisotopic (exact) mass is 376 g/mol. The van der Waals surface area contributed by atoms with Crippen molar-refractivity contribution in [1.29, 1.82) is 0 Å². The quantitative estimate of drug-likeness (QED) is 0.470. The largest absolute Gasteiger partial charge is 0.312 e. The SMILES string of the molecule is O=[N+]([O-])c1cc(CNCCc2ccc(Br)s2)c(F)cc1F. The number of hydrogen-bond acceptors (Lipinski definition) is 4. The van der Waals surface area contributed by atoms with Crippen molar-refractivity contribution in [2.24, 2.45) is 0 Å². The number of rotatable bonds is 6. The fraction of sp³-hybridized carbons (Fsp3) is 0.231. The molecule has 1 aromatic heterocycles. The Bertz CT molecular complexity index is 664. The second-order valence-corrected chi connectivity index (χ2v) is 6.83. The third-order valence-corrected chi connectivity index (χ3v) is 4.49. The molecule has 0 aliphatic heterocycles. The average molecular weight is 377 g/mol. The first-order chi connectivity index (χ1) is 9.97. The molecule has 0 bridgehead atoms. The van der Waals surface area contributed by atoms with Crippen LogP contribution in [-0.4, -0.2) is 11.5 Å². The Kier molecular flexibility index (Phi) is 5.38. The number of nitro groups is 1. The van der Waals surface area contributed by atoms with Crippen LogP contribution in [0.1, 0.15) is 10.4 Å². The molecule has 0 atom stereocenters. The van der Waals surface area contributed by atoms with Crippen molar-refractivity contribution in [3.8, 4) is 0 Å². The van der Waals surface area contributed by atoms with E-state index >= 15 is 0 Å². The summed E-state index contributed by atoms with van der Waals surface area (Å²) in [6.07, 6.45) is 0.765. The summed E-state index contributed by atoms with van der Waals surface area (Å²) in [6, 6.07) is 5.41. The number of nitrogens with zero attached hydrogens (tertiary/aromatic N) is 1. The van der Waals surface area contributed by atoms with Crippen LogP contribution in [0.5, 0.6) is 0 Å². The average Bonchev–Trinajstić information content (AvgIpc) is 2.82. The van der Waals surface area contributed by atoms with Gasteiger partial charge in [-0.25, -0.2) is 4.39 Å². The van der Waals surface area contributed by atoms with E-state index in [1.807, 2.05) is 12.1 Å². The van der Waals surface area contributed by atoms with Crippen molar-refractivity contribution in [2.75, 3.05) is 6.54 Å². The van der Waals surface area contributed by atoms with Gasteiger partial charge in [0.2, 0.25) is 5.82 Å². The number of halogens is 3. The normalized spacial score (nSPS) is 10.8. The zero-order valence-corrected chi connectivity index (χ0v) is 13.1. The molecule has 1 aromatic carbocycles. The predicted octanol–water partition coefficient (Wildman–Crippen LogP) is 4.03. The highest BCUT2D eigenvalue weighted by Gasteiger charge is 2.18. The van der Waals surface area contributed by atoms with Crippen molar-refractivity contribution < 1.29 is 13.7 Å². The van der Waals surface area contributed by atoms with E-state index in [1.165, 1.54) is 4.88 Å². The standard InChI is InChI=1S/C13H11BrF2N2O2S/c14-13-2-1-9(21-13)3-4-17-7-8-5-12(18(19)20)11(16)6-10(8)15/h1-2,5-6,17H,3-4,7H2. The number of nitrogens with one attached hydrogen (secondary N) is 1. The molecule has 112 valence electrons. The van der Waals surface area contributed by atoms with Crippen LogP contribution in [0.3, 0.4) is 0 Å². The number of benzene rings is 1. The van der Waals surface area contributed by atoms with Crippen molar-refractivity contribution in [3.05, 3.63) is 60.2 Å². The molecule has 0 aliphatic carbocycles. The second-order valence-electron chi connectivity index (χ2n) is 4.28. The summed E-state index contributed by atoms with van der Waals surface area (Å²) in [6.45, 7) is 0.705. The van der Waals surface area contributed by atoms with Gasteiger partial charge in [0.05, 0.1) is 8.71 Å².